The van der Waals surface area contributed by atoms with Crippen LogP contribution in [0.1, 0.15) is 0 Å². The van der Waals surface area contributed by atoms with Crippen molar-refractivity contribution in [1.82, 2.24) is 18.8 Å². The highest BCUT2D eigenvalue weighted by Gasteiger charge is 2.20. The lowest BCUT2D eigenvalue weighted by atomic mass is 9.85. The van der Waals surface area contributed by atoms with Crippen LogP contribution in [0, 0.1) is 0 Å². The number of nitrogens with zero attached hydrogens (tertiary/aromatic N) is 4. The van der Waals surface area contributed by atoms with E-state index >= 15 is 0 Å². The predicted molar refractivity (Wildman–Crippen MR) is 200 cm³/mol. The highest BCUT2D eigenvalue weighted by molar-refractivity contribution is 6.22. The second-order valence-electron chi connectivity index (χ2n) is 12.6. The molecule has 0 radical (unpaired) electrons. The van der Waals surface area contributed by atoms with E-state index in [-0.39, 0.29) is 0 Å². The molecule has 11 aromatic rings. The van der Waals surface area contributed by atoms with Gasteiger partial charge >= 0.3 is 0 Å². The maximum atomic E-state index is 5.17. The summed E-state index contributed by atoms with van der Waals surface area (Å²) >= 11 is 0. The van der Waals surface area contributed by atoms with Gasteiger partial charge in [0.2, 0.25) is 5.78 Å². The van der Waals surface area contributed by atoms with Gasteiger partial charge in [0.05, 0.1) is 27.6 Å². The Bertz CT molecular complexity index is 3070. The van der Waals surface area contributed by atoms with Crippen LogP contribution in [0.2, 0.25) is 0 Å². The van der Waals surface area contributed by atoms with Crippen molar-refractivity contribution in [1.29, 1.82) is 0 Å². The summed E-state index contributed by atoms with van der Waals surface area (Å²) in [6.45, 7) is 0. The lowest BCUT2D eigenvalue weighted by Crippen LogP contribution is -1.99. The summed E-state index contributed by atoms with van der Waals surface area (Å²) in [5, 5.41) is 8.55. The van der Waals surface area contributed by atoms with Crippen LogP contribution in [-0.2, 0) is 0 Å². The Morgan fingerprint density at radius 3 is 1.56 bits per heavy atom. The molecule has 0 bridgehead atoms. The first kappa shape index (κ1) is 25.6. The molecule has 4 nitrogen and oxygen atoms in total. The van der Waals surface area contributed by atoms with Crippen LogP contribution in [0.4, 0.5) is 0 Å². The topological polar surface area (TPSA) is 34.6 Å². The normalized spacial score (nSPS) is 12.2. The zero-order valence-electron chi connectivity index (χ0n) is 25.8. The van der Waals surface area contributed by atoms with E-state index in [1.54, 1.807) is 0 Å². The van der Waals surface area contributed by atoms with Crippen LogP contribution in [0.15, 0.2) is 158 Å². The molecular weight excluding hydrogens is 585 g/mol. The quantitative estimate of drug-likeness (QED) is 0.183. The summed E-state index contributed by atoms with van der Waals surface area (Å²) in [5.74, 6) is 0.867. The number of benzene rings is 8. The maximum absolute atomic E-state index is 5.17. The predicted octanol–water partition coefficient (Wildman–Crippen LogP) is 11.2. The molecule has 0 aliphatic carbocycles. The van der Waals surface area contributed by atoms with Gasteiger partial charge in [-0.15, -0.1) is 0 Å². The van der Waals surface area contributed by atoms with Crippen LogP contribution >= 0.6 is 0 Å². The highest BCUT2D eigenvalue weighted by Crippen LogP contribution is 2.45. The Balaban J connectivity index is 1.28. The monoisotopic (exact) mass is 610 g/mol. The number of hydrogen-bond acceptors (Lipinski definition) is 2. The molecule has 0 fully saturated rings. The molecular formula is C44H26N4. The van der Waals surface area contributed by atoms with Crippen LogP contribution in [0.5, 0.6) is 0 Å². The van der Waals surface area contributed by atoms with Gasteiger partial charge in [-0.3, -0.25) is 8.80 Å². The van der Waals surface area contributed by atoms with E-state index in [0.29, 0.717) is 0 Å². The number of para-hydroxylation sites is 4. The average molecular weight is 611 g/mol. The molecule has 0 spiro atoms. The summed E-state index contributed by atoms with van der Waals surface area (Å²) in [6.07, 6.45) is 0. The Kier molecular flexibility index (Phi) is 5.08. The van der Waals surface area contributed by atoms with Gasteiger partial charge in [0.1, 0.15) is 5.65 Å². The first-order valence-corrected chi connectivity index (χ1v) is 16.3. The number of imidazole rings is 2. The lowest BCUT2D eigenvalue weighted by Gasteiger charge is -2.18. The minimum absolute atomic E-state index is 0.867. The lowest BCUT2D eigenvalue weighted by molar-refractivity contribution is 1.14. The number of aromatic nitrogens is 4. The molecule has 0 N–H and O–H groups in total. The number of rotatable bonds is 2. The first-order valence-electron chi connectivity index (χ1n) is 16.3. The molecule has 222 valence electrons. The van der Waals surface area contributed by atoms with Crippen LogP contribution < -0.4 is 0 Å². The van der Waals surface area contributed by atoms with Gasteiger partial charge in [0.15, 0.2) is 0 Å². The van der Waals surface area contributed by atoms with E-state index in [0.717, 1.165) is 44.4 Å². The zero-order chi connectivity index (χ0) is 31.3. The van der Waals surface area contributed by atoms with E-state index in [1.807, 2.05) is 6.07 Å². The van der Waals surface area contributed by atoms with E-state index in [1.165, 1.54) is 54.6 Å². The van der Waals surface area contributed by atoms with Crippen molar-refractivity contribution in [2.75, 3.05) is 0 Å². The van der Waals surface area contributed by atoms with Crippen molar-refractivity contribution >= 4 is 76.7 Å². The molecule has 11 rings (SSSR count). The van der Waals surface area contributed by atoms with E-state index in [4.69, 9.17) is 9.97 Å². The number of fused-ring (bicyclic) bond motifs is 13. The number of hydrogen-bond donors (Lipinski definition) is 0. The molecule has 48 heavy (non-hydrogen) atoms. The Hall–Kier alpha value is -6.52. The second-order valence-corrected chi connectivity index (χ2v) is 12.6. The minimum Gasteiger partial charge on any atom is -0.277 e. The molecule has 0 saturated carbocycles. The third-order valence-electron chi connectivity index (χ3n) is 10.0. The minimum atomic E-state index is 0.867. The maximum Gasteiger partial charge on any atom is 0.221 e. The van der Waals surface area contributed by atoms with Crippen molar-refractivity contribution in [2.24, 2.45) is 0 Å². The molecule has 3 aromatic heterocycles. The van der Waals surface area contributed by atoms with Gasteiger partial charge in [-0.25, -0.2) is 9.97 Å². The van der Waals surface area contributed by atoms with Gasteiger partial charge in [0, 0.05) is 5.39 Å². The van der Waals surface area contributed by atoms with Gasteiger partial charge in [-0.05, 0) is 97.0 Å². The molecule has 3 heterocycles. The summed E-state index contributed by atoms with van der Waals surface area (Å²) < 4.78 is 4.52. The summed E-state index contributed by atoms with van der Waals surface area (Å²) in [7, 11) is 0. The molecule has 0 unspecified atom stereocenters. The Morgan fingerprint density at radius 2 is 0.875 bits per heavy atom. The highest BCUT2D eigenvalue weighted by atomic mass is 15.2. The van der Waals surface area contributed by atoms with E-state index in [9.17, 15) is 0 Å². The van der Waals surface area contributed by atoms with Gasteiger partial charge in [-0.2, -0.15) is 0 Å². The van der Waals surface area contributed by atoms with Crippen molar-refractivity contribution in [3.63, 3.8) is 0 Å². The fourth-order valence-electron chi connectivity index (χ4n) is 7.97. The molecule has 0 saturated heterocycles. The van der Waals surface area contributed by atoms with E-state index in [2.05, 4.69) is 160 Å². The standard InChI is InChI=1S/C44H26N4/c1-2-12-28-25-29(22-21-27(28)11-1)41-31-13-3-5-15-33(31)42(34-16-6-4-14-32(34)41)30-23-24-35-40(26-30)47-38-19-9-8-18-37(38)46-44(47)48-39-20-10-7-17-36(39)45-43(35)48/h1-26H. The molecule has 0 aliphatic rings. The molecule has 0 amide bonds. The van der Waals surface area contributed by atoms with Gasteiger partial charge in [0.25, 0.3) is 0 Å². The SMILES string of the molecule is c1ccc2cc(-c3c4ccccc4c(-c4ccc5c(c4)n4c6ccccc6nc4n4c6ccccc6nc54)c4ccccc34)ccc2c1. The van der Waals surface area contributed by atoms with Crippen molar-refractivity contribution in [2.45, 2.75) is 0 Å². The van der Waals surface area contributed by atoms with Crippen LogP contribution in [-0.4, -0.2) is 18.8 Å². The van der Waals surface area contributed by atoms with Crippen LogP contribution in [0.25, 0.3) is 99.0 Å². The third kappa shape index (κ3) is 3.43. The van der Waals surface area contributed by atoms with Crippen molar-refractivity contribution in [3.05, 3.63) is 158 Å². The molecule has 0 atom stereocenters. The second kappa shape index (κ2) is 9.50. The van der Waals surface area contributed by atoms with Crippen molar-refractivity contribution in [3.8, 4) is 22.3 Å². The van der Waals surface area contributed by atoms with Crippen LogP contribution in [0.3, 0.4) is 0 Å². The molecule has 0 aliphatic heterocycles. The third-order valence-corrected chi connectivity index (χ3v) is 10.0. The van der Waals surface area contributed by atoms with Gasteiger partial charge < -0.3 is 0 Å². The summed E-state index contributed by atoms with van der Waals surface area (Å²) in [6, 6.07) is 56.8. The molecule has 4 heteroatoms. The zero-order valence-corrected chi connectivity index (χ0v) is 25.8. The first-order chi connectivity index (χ1) is 23.8. The molecule has 8 aromatic carbocycles. The fraction of sp³-hybridized carbons (Fsp3) is 0. The fourth-order valence-corrected chi connectivity index (χ4v) is 7.97. The largest absolute Gasteiger partial charge is 0.277 e. The van der Waals surface area contributed by atoms with Crippen molar-refractivity contribution < 1.29 is 0 Å². The van der Waals surface area contributed by atoms with Gasteiger partial charge in [-0.1, -0.05) is 115 Å². The Morgan fingerprint density at radius 1 is 0.354 bits per heavy atom. The van der Waals surface area contributed by atoms with E-state index < -0.39 is 0 Å². The summed E-state index contributed by atoms with van der Waals surface area (Å²) in [4.78, 5) is 10.3. The smallest absolute Gasteiger partial charge is 0.221 e. The average Bonchev–Trinajstić information content (AvgIpc) is 3.73. The Labute approximate surface area is 274 Å². The summed E-state index contributed by atoms with van der Waals surface area (Å²) in [5.41, 5.74) is 11.0.